The molecule has 2 atom stereocenters. The average Bonchev–Trinajstić information content (AvgIpc) is 3.47. The number of amides is 1. The fourth-order valence-electron chi connectivity index (χ4n) is 3.18. The Kier molecular flexibility index (Phi) is 6.33. The van der Waals surface area contributed by atoms with Crippen LogP contribution in [0.3, 0.4) is 0 Å². The molecular weight excluding hydrogens is 392 g/mol. The predicted molar refractivity (Wildman–Crippen MR) is 106 cm³/mol. The van der Waals surface area contributed by atoms with E-state index in [9.17, 15) is 4.79 Å². The van der Waals surface area contributed by atoms with Crippen molar-refractivity contribution in [1.82, 2.24) is 5.32 Å². The van der Waals surface area contributed by atoms with Crippen molar-refractivity contribution in [2.45, 2.75) is 38.4 Å². The maximum absolute atomic E-state index is 12.6. The SMILES string of the molecule is COc1ccc(C[NH+](CC(=O)N[C@@H](C)c2ccc(Br)cc2)C2CC2)cc1. The van der Waals surface area contributed by atoms with Gasteiger partial charge in [-0.3, -0.25) is 4.79 Å². The molecule has 26 heavy (non-hydrogen) atoms. The van der Waals surface area contributed by atoms with Gasteiger partial charge in [0.2, 0.25) is 0 Å². The van der Waals surface area contributed by atoms with Gasteiger partial charge in [0.15, 0.2) is 6.54 Å². The summed E-state index contributed by atoms with van der Waals surface area (Å²) in [5.74, 6) is 0.971. The number of hydrogen-bond acceptors (Lipinski definition) is 2. The van der Waals surface area contributed by atoms with Crippen LogP contribution in [0.5, 0.6) is 5.75 Å². The lowest BCUT2D eigenvalue weighted by molar-refractivity contribution is -0.917. The van der Waals surface area contributed by atoms with Crippen molar-refractivity contribution < 1.29 is 14.4 Å². The standard InChI is InChI=1S/C21H25BrN2O2/c1-15(17-5-7-18(22)8-6-17)23-21(25)14-24(19-9-10-19)13-16-3-11-20(26-2)12-4-16/h3-8,11-12,15,19H,9-10,13-14H2,1-2H3,(H,23,25)/p+1/t15-/m0/s1. The Hall–Kier alpha value is -1.85. The first kappa shape index (κ1) is 18.9. The number of rotatable bonds is 8. The third-order valence-corrected chi connectivity index (χ3v) is 5.41. The van der Waals surface area contributed by atoms with E-state index in [0.717, 1.165) is 22.3 Å². The number of nitrogens with one attached hydrogen (secondary N) is 2. The monoisotopic (exact) mass is 417 g/mol. The summed E-state index contributed by atoms with van der Waals surface area (Å²) in [6.07, 6.45) is 2.42. The van der Waals surface area contributed by atoms with E-state index in [1.807, 2.05) is 43.3 Å². The van der Waals surface area contributed by atoms with Crippen LogP contribution in [0.25, 0.3) is 0 Å². The lowest BCUT2D eigenvalue weighted by Gasteiger charge is -2.21. The summed E-state index contributed by atoms with van der Waals surface area (Å²) in [7, 11) is 1.67. The van der Waals surface area contributed by atoms with Gasteiger partial charge in [-0.25, -0.2) is 0 Å². The number of benzene rings is 2. The fourth-order valence-corrected chi connectivity index (χ4v) is 3.45. The smallest absolute Gasteiger partial charge is 0.275 e. The largest absolute Gasteiger partial charge is 0.497 e. The third-order valence-electron chi connectivity index (χ3n) is 4.88. The highest BCUT2D eigenvalue weighted by Crippen LogP contribution is 2.18. The Balaban J connectivity index is 1.56. The van der Waals surface area contributed by atoms with E-state index in [0.29, 0.717) is 12.6 Å². The number of quaternary nitrogens is 1. The Bertz CT molecular complexity index is 727. The first-order chi connectivity index (χ1) is 12.5. The van der Waals surface area contributed by atoms with Gasteiger partial charge in [0, 0.05) is 22.9 Å². The highest BCUT2D eigenvalue weighted by Gasteiger charge is 2.34. The Morgan fingerprint density at radius 3 is 2.42 bits per heavy atom. The van der Waals surface area contributed by atoms with Gasteiger partial charge in [-0.2, -0.15) is 0 Å². The van der Waals surface area contributed by atoms with E-state index >= 15 is 0 Å². The van der Waals surface area contributed by atoms with E-state index in [1.54, 1.807) is 7.11 Å². The third kappa shape index (κ3) is 5.32. The number of carbonyl (C=O) groups excluding carboxylic acids is 1. The van der Waals surface area contributed by atoms with Gasteiger partial charge in [-0.05, 0) is 48.9 Å². The summed E-state index contributed by atoms with van der Waals surface area (Å²) >= 11 is 3.44. The van der Waals surface area contributed by atoms with Crippen LogP contribution in [0.2, 0.25) is 0 Å². The topological polar surface area (TPSA) is 42.8 Å². The normalized spacial score (nSPS) is 16.0. The summed E-state index contributed by atoms with van der Waals surface area (Å²) in [4.78, 5) is 13.9. The fraction of sp³-hybridized carbons (Fsp3) is 0.381. The maximum Gasteiger partial charge on any atom is 0.275 e. The Morgan fingerprint density at radius 1 is 1.19 bits per heavy atom. The predicted octanol–water partition coefficient (Wildman–Crippen LogP) is 2.88. The number of hydrogen-bond donors (Lipinski definition) is 2. The minimum absolute atomic E-state index is 0.0111. The molecule has 0 aromatic heterocycles. The molecule has 138 valence electrons. The molecule has 0 radical (unpaired) electrons. The van der Waals surface area contributed by atoms with Crippen LogP contribution in [-0.2, 0) is 11.3 Å². The molecule has 1 amide bonds. The van der Waals surface area contributed by atoms with Crippen LogP contribution in [0.15, 0.2) is 53.0 Å². The van der Waals surface area contributed by atoms with Crippen LogP contribution < -0.4 is 15.0 Å². The van der Waals surface area contributed by atoms with Gasteiger partial charge in [0.05, 0.1) is 19.2 Å². The van der Waals surface area contributed by atoms with Gasteiger partial charge in [0.25, 0.3) is 5.91 Å². The molecule has 0 aliphatic heterocycles. The molecule has 0 heterocycles. The molecule has 2 aromatic rings. The van der Waals surface area contributed by atoms with E-state index in [1.165, 1.54) is 23.3 Å². The molecule has 0 bridgehead atoms. The highest BCUT2D eigenvalue weighted by molar-refractivity contribution is 9.10. The van der Waals surface area contributed by atoms with E-state index in [4.69, 9.17) is 4.74 Å². The highest BCUT2D eigenvalue weighted by atomic mass is 79.9. The minimum Gasteiger partial charge on any atom is -0.497 e. The van der Waals surface area contributed by atoms with Gasteiger partial charge in [0.1, 0.15) is 12.3 Å². The minimum atomic E-state index is 0.0111. The number of halogens is 1. The van der Waals surface area contributed by atoms with Crippen molar-refractivity contribution in [3.63, 3.8) is 0 Å². The lowest BCUT2D eigenvalue weighted by atomic mass is 10.1. The van der Waals surface area contributed by atoms with E-state index < -0.39 is 0 Å². The molecule has 2 aromatic carbocycles. The molecule has 4 nitrogen and oxygen atoms in total. The van der Waals surface area contributed by atoms with Crippen molar-refractivity contribution >= 4 is 21.8 Å². The zero-order chi connectivity index (χ0) is 18.5. The number of ether oxygens (including phenoxy) is 1. The van der Waals surface area contributed by atoms with Gasteiger partial charge < -0.3 is 15.0 Å². The maximum atomic E-state index is 12.6. The summed E-state index contributed by atoms with van der Waals surface area (Å²) in [5.41, 5.74) is 2.35. The molecule has 5 heteroatoms. The molecule has 1 aliphatic carbocycles. The first-order valence-corrected chi connectivity index (χ1v) is 9.87. The molecular formula is C21H26BrN2O2+. The summed E-state index contributed by atoms with van der Waals surface area (Å²) in [6, 6.07) is 16.8. The van der Waals surface area contributed by atoms with Crippen LogP contribution in [0.4, 0.5) is 0 Å². The van der Waals surface area contributed by atoms with E-state index in [-0.39, 0.29) is 11.9 Å². The van der Waals surface area contributed by atoms with Gasteiger partial charge in [-0.1, -0.05) is 28.1 Å². The van der Waals surface area contributed by atoms with Crippen LogP contribution >= 0.6 is 15.9 Å². The summed E-state index contributed by atoms with van der Waals surface area (Å²) < 4.78 is 6.26. The van der Waals surface area contributed by atoms with Crippen molar-refractivity contribution in [1.29, 1.82) is 0 Å². The van der Waals surface area contributed by atoms with Crippen molar-refractivity contribution in [3.8, 4) is 5.75 Å². The quantitative estimate of drug-likeness (QED) is 0.693. The Morgan fingerprint density at radius 2 is 1.85 bits per heavy atom. The Labute approximate surface area is 163 Å². The average molecular weight is 418 g/mol. The lowest BCUT2D eigenvalue weighted by Crippen LogP contribution is -3.13. The molecule has 1 saturated carbocycles. The van der Waals surface area contributed by atoms with Crippen molar-refractivity contribution in [2.75, 3.05) is 13.7 Å². The molecule has 3 rings (SSSR count). The van der Waals surface area contributed by atoms with Crippen LogP contribution in [0, 0.1) is 0 Å². The first-order valence-electron chi connectivity index (χ1n) is 9.07. The van der Waals surface area contributed by atoms with Crippen LogP contribution in [-0.4, -0.2) is 25.6 Å². The number of methoxy groups -OCH3 is 1. The second kappa shape index (κ2) is 8.69. The summed E-state index contributed by atoms with van der Waals surface area (Å²) in [6.45, 7) is 3.41. The zero-order valence-corrected chi connectivity index (χ0v) is 16.9. The van der Waals surface area contributed by atoms with Crippen LogP contribution in [0.1, 0.15) is 36.9 Å². The second-order valence-electron chi connectivity index (χ2n) is 6.97. The van der Waals surface area contributed by atoms with Crippen molar-refractivity contribution in [3.05, 3.63) is 64.1 Å². The van der Waals surface area contributed by atoms with Gasteiger partial charge >= 0.3 is 0 Å². The molecule has 0 spiro atoms. The van der Waals surface area contributed by atoms with E-state index in [2.05, 4.69) is 33.4 Å². The second-order valence-corrected chi connectivity index (χ2v) is 7.89. The summed E-state index contributed by atoms with van der Waals surface area (Å²) in [5, 5.41) is 3.14. The number of carbonyl (C=O) groups is 1. The van der Waals surface area contributed by atoms with Crippen molar-refractivity contribution in [2.24, 2.45) is 0 Å². The zero-order valence-electron chi connectivity index (χ0n) is 15.3. The molecule has 1 aliphatic rings. The molecule has 1 fully saturated rings. The van der Waals surface area contributed by atoms with Gasteiger partial charge in [-0.15, -0.1) is 0 Å². The molecule has 2 N–H and O–H groups in total. The molecule has 0 saturated heterocycles. The molecule has 1 unspecified atom stereocenters.